The molecule has 0 aliphatic rings. The molecule has 1 atom stereocenters. The van der Waals surface area contributed by atoms with Gasteiger partial charge in [-0.25, -0.2) is 4.79 Å². The van der Waals surface area contributed by atoms with Gasteiger partial charge >= 0.3 is 6.09 Å². The predicted octanol–water partition coefficient (Wildman–Crippen LogP) is 0.335. The molecule has 2 amide bonds. The molecule has 0 spiro atoms. The van der Waals surface area contributed by atoms with Crippen LogP contribution in [0.3, 0.4) is 0 Å². The quantitative estimate of drug-likeness (QED) is 0.828. The molecule has 0 aliphatic heterocycles. The summed E-state index contributed by atoms with van der Waals surface area (Å²) in [6.07, 6.45) is -0.00868. The van der Waals surface area contributed by atoms with Gasteiger partial charge in [0.05, 0.1) is 13.7 Å². The molecule has 8 heteroatoms. The molecule has 0 radical (unpaired) electrons. The van der Waals surface area contributed by atoms with Crippen LogP contribution in [0, 0.1) is 0 Å². The van der Waals surface area contributed by atoms with Crippen molar-refractivity contribution in [2.45, 2.75) is 32.9 Å². The van der Waals surface area contributed by atoms with Gasteiger partial charge in [0.25, 0.3) is 0 Å². The molecule has 0 unspecified atom stereocenters. The number of likely N-dealkylation sites (N-methyl/N-ethyl adjacent to an activating group) is 1. The lowest BCUT2D eigenvalue weighted by Gasteiger charge is -2.20. The van der Waals surface area contributed by atoms with Gasteiger partial charge in [-0.1, -0.05) is 6.92 Å². The van der Waals surface area contributed by atoms with Crippen LogP contribution in [0.5, 0.6) is 0 Å². The fourth-order valence-corrected chi connectivity index (χ4v) is 1.40. The van der Waals surface area contributed by atoms with E-state index in [1.165, 1.54) is 12.0 Å². The molecule has 8 nitrogen and oxygen atoms in total. The highest BCUT2D eigenvalue weighted by Gasteiger charge is 2.21. The molecule has 0 aliphatic carbocycles. The number of hydrogen-bond donors (Lipinski definition) is 1. The van der Waals surface area contributed by atoms with E-state index in [1.807, 2.05) is 6.92 Å². The largest absolute Gasteiger partial charge is 0.453 e. The van der Waals surface area contributed by atoms with Crippen LogP contribution in [0.2, 0.25) is 0 Å². The van der Waals surface area contributed by atoms with Crippen LogP contribution in [0.4, 0.5) is 4.79 Å². The molecule has 0 bridgehead atoms. The SMILES string of the molecule is CCc1nnc(CN(C)C(=O)[C@@H](C)NC(=O)OC)o1. The van der Waals surface area contributed by atoms with E-state index < -0.39 is 12.1 Å². The number of aryl methyl sites for hydroxylation is 1. The van der Waals surface area contributed by atoms with Crippen molar-refractivity contribution in [1.29, 1.82) is 0 Å². The molecule has 0 saturated heterocycles. The highest BCUT2D eigenvalue weighted by molar-refractivity contribution is 5.84. The highest BCUT2D eigenvalue weighted by Crippen LogP contribution is 2.04. The molecule has 1 rings (SSSR count). The number of rotatable bonds is 5. The monoisotopic (exact) mass is 270 g/mol. The van der Waals surface area contributed by atoms with Gasteiger partial charge in [0, 0.05) is 13.5 Å². The first kappa shape index (κ1) is 14.9. The summed E-state index contributed by atoms with van der Waals surface area (Å²) in [4.78, 5) is 24.3. The lowest BCUT2D eigenvalue weighted by atomic mass is 10.3. The minimum atomic E-state index is -0.689. The lowest BCUT2D eigenvalue weighted by Crippen LogP contribution is -2.45. The Balaban J connectivity index is 2.54. The molecule has 1 aromatic rings. The maximum Gasteiger partial charge on any atom is 0.407 e. The summed E-state index contributed by atoms with van der Waals surface area (Å²) in [5, 5.41) is 10.0. The Morgan fingerprint density at radius 2 is 2.05 bits per heavy atom. The fraction of sp³-hybridized carbons (Fsp3) is 0.636. The van der Waals surface area contributed by atoms with E-state index in [0.717, 1.165) is 0 Å². The minimum absolute atomic E-state index is 0.193. The smallest absolute Gasteiger partial charge is 0.407 e. The van der Waals surface area contributed by atoms with E-state index >= 15 is 0 Å². The summed E-state index contributed by atoms with van der Waals surface area (Å²) in [6, 6.07) is -0.689. The van der Waals surface area contributed by atoms with Crippen molar-refractivity contribution in [3.63, 3.8) is 0 Å². The van der Waals surface area contributed by atoms with E-state index in [-0.39, 0.29) is 12.5 Å². The van der Waals surface area contributed by atoms with Crippen molar-refractivity contribution in [1.82, 2.24) is 20.4 Å². The fourth-order valence-electron chi connectivity index (χ4n) is 1.40. The molecular weight excluding hydrogens is 252 g/mol. The Morgan fingerprint density at radius 1 is 1.42 bits per heavy atom. The molecule has 106 valence electrons. The molecule has 0 aromatic carbocycles. The topological polar surface area (TPSA) is 97.6 Å². The number of methoxy groups -OCH3 is 1. The third-order valence-electron chi connectivity index (χ3n) is 2.45. The number of carbonyl (C=O) groups is 2. The third-order valence-corrected chi connectivity index (χ3v) is 2.45. The Hall–Kier alpha value is -2.12. The second kappa shape index (κ2) is 6.72. The first-order chi connectivity index (χ1) is 8.97. The summed E-state index contributed by atoms with van der Waals surface area (Å²) in [5.74, 6) is 0.608. The van der Waals surface area contributed by atoms with Gasteiger partial charge in [0.15, 0.2) is 0 Å². The van der Waals surface area contributed by atoms with E-state index in [4.69, 9.17) is 4.42 Å². The molecule has 1 aromatic heterocycles. The van der Waals surface area contributed by atoms with E-state index in [2.05, 4.69) is 20.3 Å². The van der Waals surface area contributed by atoms with Crippen LogP contribution in [0.25, 0.3) is 0 Å². The number of nitrogens with zero attached hydrogens (tertiary/aromatic N) is 3. The van der Waals surface area contributed by atoms with Gasteiger partial charge in [-0.3, -0.25) is 4.79 Å². The van der Waals surface area contributed by atoms with Crippen LogP contribution < -0.4 is 5.32 Å². The first-order valence-electron chi connectivity index (χ1n) is 5.88. The summed E-state index contributed by atoms with van der Waals surface area (Å²) < 4.78 is 9.73. The molecule has 1 N–H and O–H groups in total. The lowest BCUT2D eigenvalue weighted by molar-refractivity contribution is -0.132. The summed E-state index contributed by atoms with van der Waals surface area (Å²) in [7, 11) is 2.83. The van der Waals surface area contributed by atoms with Crippen molar-refractivity contribution in [3.8, 4) is 0 Å². The number of ether oxygens (including phenoxy) is 1. The molecule has 19 heavy (non-hydrogen) atoms. The van der Waals surface area contributed by atoms with Crippen molar-refractivity contribution >= 4 is 12.0 Å². The number of amides is 2. The van der Waals surface area contributed by atoms with Crippen LogP contribution in [-0.4, -0.2) is 47.3 Å². The summed E-state index contributed by atoms with van der Waals surface area (Å²) in [5.41, 5.74) is 0. The molecular formula is C11H18N4O4. The standard InChI is InChI=1S/C11H18N4O4/c1-5-8-13-14-9(19-8)6-15(3)10(16)7(2)12-11(17)18-4/h7H,5-6H2,1-4H3,(H,12,17)/t7-/m1/s1. The van der Waals surface area contributed by atoms with Crippen molar-refractivity contribution in [2.24, 2.45) is 0 Å². The van der Waals surface area contributed by atoms with E-state index in [0.29, 0.717) is 18.2 Å². The highest BCUT2D eigenvalue weighted by atomic mass is 16.5. The number of carbonyl (C=O) groups excluding carboxylic acids is 2. The Labute approximate surface area is 111 Å². The van der Waals surface area contributed by atoms with Gasteiger partial charge in [0.2, 0.25) is 17.7 Å². The normalized spacial score (nSPS) is 11.8. The van der Waals surface area contributed by atoms with Gasteiger partial charge in [-0.15, -0.1) is 10.2 Å². The Morgan fingerprint density at radius 3 is 2.58 bits per heavy atom. The molecule has 1 heterocycles. The molecule has 0 fully saturated rings. The number of nitrogens with one attached hydrogen (secondary N) is 1. The van der Waals surface area contributed by atoms with Crippen LogP contribution in [0.15, 0.2) is 4.42 Å². The Kier molecular flexibility index (Phi) is 5.28. The first-order valence-corrected chi connectivity index (χ1v) is 5.88. The number of alkyl carbamates (subject to hydrolysis) is 1. The van der Waals surface area contributed by atoms with Gasteiger partial charge in [-0.2, -0.15) is 0 Å². The zero-order valence-electron chi connectivity index (χ0n) is 11.5. The van der Waals surface area contributed by atoms with Crippen LogP contribution >= 0.6 is 0 Å². The van der Waals surface area contributed by atoms with Gasteiger partial charge in [0.1, 0.15) is 6.04 Å². The van der Waals surface area contributed by atoms with E-state index in [1.54, 1.807) is 14.0 Å². The zero-order chi connectivity index (χ0) is 14.4. The number of hydrogen-bond acceptors (Lipinski definition) is 6. The predicted molar refractivity (Wildman–Crippen MR) is 65.2 cm³/mol. The maximum absolute atomic E-state index is 11.9. The second-order valence-electron chi connectivity index (χ2n) is 3.99. The molecule has 0 saturated carbocycles. The van der Waals surface area contributed by atoms with Gasteiger partial charge in [-0.05, 0) is 6.92 Å². The average Bonchev–Trinajstić information content (AvgIpc) is 2.85. The van der Waals surface area contributed by atoms with Crippen molar-refractivity contribution < 1.29 is 18.7 Å². The second-order valence-corrected chi connectivity index (χ2v) is 3.99. The third kappa shape index (κ3) is 4.23. The van der Waals surface area contributed by atoms with Crippen molar-refractivity contribution in [2.75, 3.05) is 14.2 Å². The number of aromatic nitrogens is 2. The van der Waals surface area contributed by atoms with Crippen LogP contribution in [-0.2, 0) is 22.5 Å². The van der Waals surface area contributed by atoms with Crippen molar-refractivity contribution in [3.05, 3.63) is 11.8 Å². The summed E-state index contributed by atoms with van der Waals surface area (Å²) in [6.45, 7) is 3.66. The minimum Gasteiger partial charge on any atom is -0.453 e. The zero-order valence-corrected chi connectivity index (χ0v) is 11.5. The maximum atomic E-state index is 11.9. The average molecular weight is 270 g/mol. The Bertz CT molecular complexity index is 446. The van der Waals surface area contributed by atoms with Gasteiger partial charge < -0.3 is 19.4 Å². The van der Waals surface area contributed by atoms with Crippen LogP contribution in [0.1, 0.15) is 25.6 Å². The summed E-state index contributed by atoms with van der Waals surface area (Å²) >= 11 is 0. The van der Waals surface area contributed by atoms with E-state index in [9.17, 15) is 9.59 Å².